The predicted octanol–water partition coefficient (Wildman–Crippen LogP) is 3.13. The van der Waals surface area contributed by atoms with Crippen LogP contribution in [-0.2, 0) is 0 Å². The van der Waals surface area contributed by atoms with Crippen molar-refractivity contribution in [3.8, 4) is 0 Å². The second-order valence-electron chi connectivity index (χ2n) is 2.55. The minimum atomic E-state index is 0.705. The van der Waals surface area contributed by atoms with Gasteiger partial charge in [-0.05, 0) is 19.1 Å². The first-order chi connectivity index (χ1) is 5.72. The number of rotatable bonds is 2. The molecule has 0 atom stereocenters. The smallest absolute Gasteiger partial charge is 0.0904 e. The normalized spacial score (nSPS) is 9.50. The molecule has 0 aliphatic carbocycles. The highest BCUT2D eigenvalue weighted by Crippen LogP contribution is 2.08. The SMILES string of the molecule is Cc1ccc(NC(=S)CBr)cc1. The van der Waals surface area contributed by atoms with Crippen LogP contribution in [0.15, 0.2) is 24.3 Å². The van der Waals surface area contributed by atoms with Crippen molar-refractivity contribution in [2.75, 3.05) is 10.6 Å². The Morgan fingerprint density at radius 3 is 2.50 bits per heavy atom. The van der Waals surface area contributed by atoms with Crippen molar-refractivity contribution >= 4 is 38.8 Å². The number of halogens is 1. The number of thiocarbonyl (C=S) groups is 1. The van der Waals surface area contributed by atoms with Gasteiger partial charge in [-0.2, -0.15) is 0 Å². The van der Waals surface area contributed by atoms with Crippen LogP contribution in [0.5, 0.6) is 0 Å². The molecule has 1 aromatic carbocycles. The van der Waals surface area contributed by atoms with Gasteiger partial charge in [-0.15, -0.1) is 0 Å². The molecule has 0 unspecified atom stereocenters. The van der Waals surface area contributed by atoms with E-state index in [4.69, 9.17) is 12.2 Å². The van der Waals surface area contributed by atoms with Gasteiger partial charge in [-0.25, -0.2) is 0 Å². The molecule has 0 aliphatic rings. The fraction of sp³-hybridized carbons (Fsp3) is 0.222. The van der Waals surface area contributed by atoms with E-state index >= 15 is 0 Å². The lowest BCUT2D eigenvalue weighted by Gasteiger charge is -2.04. The summed E-state index contributed by atoms with van der Waals surface area (Å²) >= 11 is 8.30. The lowest BCUT2D eigenvalue weighted by atomic mass is 10.2. The van der Waals surface area contributed by atoms with E-state index < -0.39 is 0 Å². The zero-order valence-electron chi connectivity index (χ0n) is 6.80. The molecule has 64 valence electrons. The molecule has 1 rings (SSSR count). The van der Waals surface area contributed by atoms with E-state index in [2.05, 4.69) is 40.3 Å². The van der Waals surface area contributed by atoms with Gasteiger partial charge in [-0.3, -0.25) is 0 Å². The number of hydrogen-bond acceptors (Lipinski definition) is 1. The average molecular weight is 244 g/mol. The number of hydrogen-bond donors (Lipinski definition) is 1. The molecule has 12 heavy (non-hydrogen) atoms. The van der Waals surface area contributed by atoms with Crippen molar-refractivity contribution < 1.29 is 0 Å². The lowest BCUT2D eigenvalue weighted by Crippen LogP contribution is -2.09. The zero-order valence-corrected chi connectivity index (χ0v) is 9.21. The van der Waals surface area contributed by atoms with E-state index in [1.807, 2.05) is 12.1 Å². The first-order valence-corrected chi connectivity index (χ1v) is 5.18. The maximum Gasteiger partial charge on any atom is 0.0904 e. The fourth-order valence-electron chi connectivity index (χ4n) is 0.831. The summed E-state index contributed by atoms with van der Waals surface area (Å²) < 4.78 is 0. The van der Waals surface area contributed by atoms with Crippen LogP contribution in [0.25, 0.3) is 0 Å². The Morgan fingerprint density at radius 1 is 1.42 bits per heavy atom. The van der Waals surface area contributed by atoms with E-state index in [0.29, 0.717) is 5.33 Å². The largest absolute Gasteiger partial charge is 0.349 e. The fourth-order valence-corrected chi connectivity index (χ4v) is 1.09. The Kier molecular flexibility index (Phi) is 3.69. The summed E-state index contributed by atoms with van der Waals surface area (Å²) in [6.07, 6.45) is 0. The molecular formula is C9H10BrNS. The molecule has 0 radical (unpaired) electrons. The maximum atomic E-state index is 5.01. The van der Waals surface area contributed by atoms with Crippen molar-refractivity contribution in [1.29, 1.82) is 0 Å². The van der Waals surface area contributed by atoms with Gasteiger partial charge in [0.25, 0.3) is 0 Å². The Labute approximate surface area is 86.3 Å². The minimum absolute atomic E-state index is 0.705. The molecule has 0 amide bonds. The van der Waals surface area contributed by atoms with Gasteiger partial charge >= 0.3 is 0 Å². The van der Waals surface area contributed by atoms with Gasteiger partial charge in [0, 0.05) is 5.69 Å². The van der Waals surface area contributed by atoms with E-state index in [1.54, 1.807) is 0 Å². The third-order valence-corrected chi connectivity index (χ3v) is 2.63. The number of alkyl halides is 1. The second-order valence-corrected chi connectivity index (χ2v) is 3.60. The highest BCUT2D eigenvalue weighted by Gasteiger charge is 1.93. The molecule has 0 heterocycles. The number of benzene rings is 1. The van der Waals surface area contributed by atoms with Crippen LogP contribution >= 0.6 is 28.1 Å². The summed E-state index contributed by atoms with van der Waals surface area (Å²) in [5.74, 6) is 0. The topological polar surface area (TPSA) is 12.0 Å². The Balaban J connectivity index is 2.64. The predicted molar refractivity (Wildman–Crippen MR) is 61.2 cm³/mol. The quantitative estimate of drug-likeness (QED) is 0.633. The van der Waals surface area contributed by atoms with Gasteiger partial charge in [0.2, 0.25) is 0 Å². The summed E-state index contributed by atoms with van der Waals surface area (Å²) in [7, 11) is 0. The summed E-state index contributed by atoms with van der Waals surface area (Å²) in [4.78, 5) is 0.804. The van der Waals surface area contributed by atoms with Crippen LogP contribution in [0, 0.1) is 6.92 Å². The van der Waals surface area contributed by atoms with E-state index in [1.165, 1.54) is 5.56 Å². The van der Waals surface area contributed by atoms with Crippen LogP contribution < -0.4 is 5.32 Å². The van der Waals surface area contributed by atoms with Crippen molar-refractivity contribution in [1.82, 2.24) is 0 Å². The first-order valence-electron chi connectivity index (χ1n) is 3.65. The summed E-state index contributed by atoms with van der Waals surface area (Å²) in [5, 5.41) is 3.81. The highest BCUT2D eigenvalue weighted by atomic mass is 79.9. The molecule has 1 N–H and O–H groups in total. The molecule has 0 saturated carbocycles. The van der Waals surface area contributed by atoms with Crippen LogP contribution in [0.1, 0.15) is 5.56 Å². The van der Waals surface area contributed by atoms with Gasteiger partial charge < -0.3 is 5.32 Å². The van der Waals surface area contributed by atoms with Crippen molar-refractivity contribution in [3.63, 3.8) is 0 Å². The molecule has 0 aliphatic heterocycles. The lowest BCUT2D eigenvalue weighted by molar-refractivity contribution is 1.47. The number of nitrogens with one attached hydrogen (secondary N) is 1. The van der Waals surface area contributed by atoms with E-state index in [9.17, 15) is 0 Å². The molecule has 0 spiro atoms. The molecule has 0 bridgehead atoms. The van der Waals surface area contributed by atoms with Crippen LogP contribution in [0.2, 0.25) is 0 Å². The molecule has 1 nitrogen and oxygen atoms in total. The third-order valence-electron chi connectivity index (χ3n) is 1.46. The van der Waals surface area contributed by atoms with Crippen molar-refractivity contribution in [2.45, 2.75) is 6.92 Å². The number of anilines is 1. The zero-order chi connectivity index (χ0) is 8.97. The van der Waals surface area contributed by atoms with Gasteiger partial charge in [0.15, 0.2) is 0 Å². The van der Waals surface area contributed by atoms with Crippen molar-refractivity contribution in [3.05, 3.63) is 29.8 Å². The average Bonchev–Trinajstić information content (AvgIpc) is 2.09. The van der Waals surface area contributed by atoms with E-state index in [0.717, 1.165) is 10.7 Å². The maximum absolute atomic E-state index is 5.01. The van der Waals surface area contributed by atoms with Crippen LogP contribution in [0.3, 0.4) is 0 Å². The summed E-state index contributed by atoms with van der Waals surface area (Å²) in [6, 6.07) is 8.15. The van der Waals surface area contributed by atoms with Gasteiger partial charge in [0.1, 0.15) is 0 Å². The van der Waals surface area contributed by atoms with Crippen LogP contribution in [-0.4, -0.2) is 10.3 Å². The van der Waals surface area contributed by atoms with Gasteiger partial charge in [-0.1, -0.05) is 45.8 Å². The molecule has 0 fully saturated rings. The minimum Gasteiger partial charge on any atom is -0.349 e. The van der Waals surface area contributed by atoms with Crippen LogP contribution in [0.4, 0.5) is 5.69 Å². The van der Waals surface area contributed by atoms with E-state index in [-0.39, 0.29) is 0 Å². The second kappa shape index (κ2) is 4.58. The number of aryl methyl sites for hydroxylation is 1. The highest BCUT2D eigenvalue weighted by molar-refractivity contribution is 9.09. The Bertz CT molecular complexity index is 268. The molecular weight excluding hydrogens is 234 g/mol. The molecule has 0 aromatic heterocycles. The molecule has 0 saturated heterocycles. The van der Waals surface area contributed by atoms with Crippen molar-refractivity contribution in [2.24, 2.45) is 0 Å². The first kappa shape index (κ1) is 9.68. The third kappa shape index (κ3) is 2.91. The summed E-state index contributed by atoms with van der Waals surface area (Å²) in [5.41, 5.74) is 2.30. The monoisotopic (exact) mass is 243 g/mol. The Morgan fingerprint density at radius 2 is 2.00 bits per heavy atom. The standard InChI is InChI=1S/C9H10BrNS/c1-7-2-4-8(5-3-7)11-9(12)6-10/h2-5H,6H2,1H3,(H,11,12). The summed E-state index contributed by atoms with van der Waals surface area (Å²) in [6.45, 7) is 2.06. The Hall–Kier alpha value is -0.410. The molecule has 1 aromatic rings. The molecule has 3 heteroatoms. The van der Waals surface area contributed by atoms with Gasteiger partial charge in [0.05, 0.1) is 10.3 Å².